The SMILES string of the molecule is CCCCn1nnc(NC(=S)NC(=O)c2ccc3ccccc3c2)n1. The molecule has 7 nitrogen and oxygen atoms in total. The Morgan fingerprint density at radius 1 is 1.20 bits per heavy atom. The van der Waals surface area contributed by atoms with Crippen molar-refractivity contribution in [2.75, 3.05) is 5.32 Å². The Bertz CT molecular complexity index is 907. The molecule has 0 aliphatic carbocycles. The average molecular weight is 354 g/mol. The van der Waals surface area contributed by atoms with Crippen LogP contribution in [-0.2, 0) is 6.54 Å². The molecule has 1 amide bonds. The van der Waals surface area contributed by atoms with Gasteiger partial charge in [-0.2, -0.15) is 4.80 Å². The Balaban J connectivity index is 1.61. The number of fused-ring (bicyclic) bond motifs is 1. The van der Waals surface area contributed by atoms with E-state index in [0.29, 0.717) is 12.1 Å². The Hall–Kier alpha value is -2.87. The van der Waals surface area contributed by atoms with Gasteiger partial charge >= 0.3 is 0 Å². The van der Waals surface area contributed by atoms with Crippen LogP contribution >= 0.6 is 12.2 Å². The van der Waals surface area contributed by atoms with Gasteiger partial charge in [-0.1, -0.05) is 48.8 Å². The number of amides is 1. The summed E-state index contributed by atoms with van der Waals surface area (Å²) in [5, 5.41) is 19.5. The van der Waals surface area contributed by atoms with Gasteiger partial charge in [0.15, 0.2) is 5.11 Å². The molecule has 0 aliphatic heterocycles. The molecule has 2 aromatic carbocycles. The van der Waals surface area contributed by atoms with Crippen LogP contribution in [0.5, 0.6) is 0 Å². The molecule has 0 aliphatic rings. The number of rotatable bonds is 5. The van der Waals surface area contributed by atoms with Crippen molar-refractivity contribution in [1.82, 2.24) is 25.5 Å². The van der Waals surface area contributed by atoms with E-state index in [2.05, 4.69) is 33.0 Å². The van der Waals surface area contributed by atoms with Crippen LogP contribution < -0.4 is 10.6 Å². The second-order valence-electron chi connectivity index (χ2n) is 5.53. The summed E-state index contributed by atoms with van der Waals surface area (Å²) < 4.78 is 0. The lowest BCUT2D eigenvalue weighted by Gasteiger charge is -2.07. The fourth-order valence-corrected chi connectivity index (χ4v) is 2.51. The molecule has 3 rings (SSSR count). The highest BCUT2D eigenvalue weighted by atomic mass is 32.1. The molecule has 0 spiro atoms. The van der Waals surface area contributed by atoms with Gasteiger partial charge in [-0.3, -0.25) is 15.4 Å². The summed E-state index contributed by atoms with van der Waals surface area (Å²) in [7, 11) is 0. The minimum Gasteiger partial charge on any atom is -0.299 e. The first-order valence-corrected chi connectivity index (χ1v) is 8.45. The number of anilines is 1. The zero-order valence-electron chi connectivity index (χ0n) is 13.8. The van der Waals surface area contributed by atoms with E-state index in [1.54, 1.807) is 6.07 Å². The normalized spacial score (nSPS) is 10.6. The molecule has 0 saturated heterocycles. The van der Waals surface area contributed by atoms with Gasteiger partial charge in [0.1, 0.15) is 0 Å². The quantitative estimate of drug-likeness (QED) is 0.686. The van der Waals surface area contributed by atoms with Gasteiger partial charge in [0.2, 0.25) is 0 Å². The number of unbranched alkanes of at least 4 members (excludes halogenated alkanes) is 1. The van der Waals surface area contributed by atoms with E-state index >= 15 is 0 Å². The minimum absolute atomic E-state index is 0.133. The fourth-order valence-electron chi connectivity index (χ4n) is 2.33. The molecule has 0 atom stereocenters. The second-order valence-corrected chi connectivity index (χ2v) is 5.94. The van der Waals surface area contributed by atoms with E-state index in [1.807, 2.05) is 36.4 Å². The summed E-state index contributed by atoms with van der Waals surface area (Å²) in [5.41, 5.74) is 0.530. The van der Waals surface area contributed by atoms with Crippen molar-refractivity contribution in [3.63, 3.8) is 0 Å². The number of thiocarbonyl (C=S) groups is 1. The van der Waals surface area contributed by atoms with Crippen molar-refractivity contribution in [1.29, 1.82) is 0 Å². The highest BCUT2D eigenvalue weighted by Crippen LogP contribution is 2.15. The maximum atomic E-state index is 12.3. The van der Waals surface area contributed by atoms with Gasteiger partial charge < -0.3 is 0 Å². The summed E-state index contributed by atoms with van der Waals surface area (Å²) in [5.74, 6) is -0.0263. The Kier molecular flexibility index (Phi) is 5.30. The van der Waals surface area contributed by atoms with Gasteiger partial charge in [-0.15, -0.1) is 5.10 Å². The number of aryl methyl sites for hydroxylation is 1. The van der Waals surface area contributed by atoms with E-state index in [1.165, 1.54) is 4.80 Å². The average Bonchev–Trinajstić information content (AvgIpc) is 3.06. The summed E-state index contributed by atoms with van der Waals surface area (Å²) >= 11 is 5.14. The second kappa shape index (κ2) is 7.80. The Labute approximate surface area is 150 Å². The van der Waals surface area contributed by atoms with Crippen LogP contribution in [0.4, 0.5) is 5.95 Å². The first-order valence-electron chi connectivity index (χ1n) is 8.04. The lowest BCUT2D eigenvalue weighted by atomic mass is 10.1. The van der Waals surface area contributed by atoms with Crippen LogP contribution in [0.1, 0.15) is 30.1 Å². The number of nitrogens with one attached hydrogen (secondary N) is 2. The van der Waals surface area contributed by atoms with Crippen LogP contribution in [0, 0.1) is 0 Å². The molecule has 0 radical (unpaired) electrons. The van der Waals surface area contributed by atoms with Crippen LogP contribution in [0.3, 0.4) is 0 Å². The van der Waals surface area contributed by atoms with Gasteiger partial charge in [-0.25, -0.2) is 0 Å². The van der Waals surface area contributed by atoms with Crippen LogP contribution in [0.2, 0.25) is 0 Å². The molecule has 0 saturated carbocycles. The predicted molar refractivity (Wildman–Crippen MR) is 100 cm³/mol. The first kappa shape index (κ1) is 17.0. The fraction of sp³-hybridized carbons (Fsp3) is 0.235. The molecule has 1 heterocycles. The molecule has 0 fully saturated rings. The number of hydrogen-bond acceptors (Lipinski definition) is 5. The highest BCUT2D eigenvalue weighted by molar-refractivity contribution is 7.80. The topological polar surface area (TPSA) is 84.7 Å². The zero-order chi connectivity index (χ0) is 17.6. The van der Waals surface area contributed by atoms with Crippen molar-refractivity contribution in [3.05, 3.63) is 48.0 Å². The van der Waals surface area contributed by atoms with Crippen LogP contribution in [0.25, 0.3) is 10.8 Å². The highest BCUT2D eigenvalue weighted by Gasteiger charge is 2.10. The molecule has 25 heavy (non-hydrogen) atoms. The molecule has 2 N–H and O–H groups in total. The summed E-state index contributed by atoms with van der Waals surface area (Å²) in [6.45, 7) is 2.79. The number of carbonyl (C=O) groups excluding carboxylic acids is 1. The van der Waals surface area contributed by atoms with E-state index in [0.717, 1.165) is 23.6 Å². The smallest absolute Gasteiger partial charge is 0.269 e. The third kappa shape index (κ3) is 4.36. The maximum absolute atomic E-state index is 12.3. The summed E-state index contributed by atoms with van der Waals surface area (Å²) in [4.78, 5) is 13.8. The van der Waals surface area contributed by atoms with E-state index in [-0.39, 0.29) is 17.0 Å². The van der Waals surface area contributed by atoms with Gasteiger partial charge in [0.25, 0.3) is 11.9 Å². The number of tetrazole rings is 1. The standard InChI is InChI=1S/C17H18N6OS/c1-2-3-10-23-21-16(20-22-23)19-17(25)18-15(24)14-9-8-12-6-4-5-7-13(12)11-14/h4-9,11H,2-3,10H2,1H3,(H2,18,19,21,24,25). The molecule has 0 unspecified atom stereocenters. The Morgan fingerprint density at radius 2 is 2.00 bits per heavy atom. The monoisotopic (exact) mass is 354 g/mol. The lowest BCUT2D eigenvalue weighted by Crippen LogP contribution is -2.34. The third-order valence-electron chi connectivity index (χ3n) is 3.63. The molecule has 3 aromatic rings. The van der Waals surface area contributed by atoms with Crippen molar-refractivity contribution in [2.45, 2.75) is 26.3 Å². The number of nitrogens with zero attached hydrogens (tertiary/aromatic N) is 4. The number of aromatic nitrogens is 4. The summed E-state index contributed by atoms with van der Waals surface area (Å²) in [6, 6.07) is 13.3. The van der Waals surface area contributed by atoms with Gasteiger partial charge in [0, 0.05) is 5.56 Å². The maximum Gasteiger partial charge on any atom is 0.269 e. The molecular formula is C17H18N6OS. The van der Waals surface area contributed by atoms with Crippen molar-refractivity contribution >= 4 is 40.0 Å². The van der Waals surface area contributed by atoms with E-state index < -0.39 is 0 Å². The van der Waals surface area contributed by atoms with E-state index in [9.17, 15) is 4.79 Å². The van der Waals surface area contributed by atoms with Gasteiger partial charge in [0.05, 0.1) is 6.54 Å². The number of benzene rings is 2. The molecule has 0 bridgehead atoms. The molecular weight excluding hydrogens is 336 g/mol. The molecule has 128 valence electrons. The molecule has 8 heteroatoms. The predicted octanol–water partition coefficient (Wildman–Crippen LogP) is 2.75. The third-order valence-corrected chi connectivity index (χ3v) is 3.83. The summed E-state index contributed by atoms with van der Waals surface area (Å²) in [6.07, 6.45) is 2.02. The van der Waals surface area contributed by atoms with Gasteiger partial charge in [-0.05, 0) is 46.8 Å². The van der Waals surface area contributed by atoms with Crippen molar-refractivity contribution in [2.24, 2.45) is 0 Å². The number of carbonyl (C=O) groups is 1. The largest absolute Gasteiger partial charge is 0.299 e. The van der Waals surface area contributed by atoms with Crippen LogP contribution in [-0.4, -0.2) is 31.2 Å². The minimum atomic E-state index is -0.290. The lowest BCUT2D eigenvalue weighted by molar-refractivity contribution is 0.0978. The van der Waals surface area contributed by atoms with Crippen molar-refractivity contribution < 1.29 is 4.79 Å². The Morgan fingerprint density at radius 3 is 2.80 bits per heavy atom. The van der Waals surface area contributed by atoms with Crippen molar-refractivity contribution in [3.8, 4) is 0 Å². The van der Waals surface area contributed by atoms with E-state index in [4.69, 9.17) is 12.2 Å². The number of hydrogen-bond donors (Lipinski definition) is 2. The first-order chi connectivity index (χ1) is 12.2. The van der Waals surface area contributed by atoms with Crippen LogP contribution in [0.15, 0.2) is 42.5 Å². The molecule has 1 aromatic heterocycles. The zero-order valence-corrected chi connectivity index (χ0v) is 14.6.